The predicted molar refractivity (Wildman–Crippen MR) is 68.6 cm³/mol. The van der Waals surface area contributed by atoms with Crippen LogP contribution in [0.1, 0.15) is 42.1 Å². The number of rotatable bonds is 2. The quantitative estimate of drug-likeness (QED) is 0.884. The molecule has 0 unspecified atom stereocenters. The summed E-state index contributed by atoms with van der Waals surface area (Å²) in [6, 6.07) is 5.79. The zero-order valence-electron chi connectivity index (χ0n) is 9.64. The van der Waals surface area contributed by atoms with Gasteiger partial charge in [-0.2, -0.15) is 0 Å². The fourth-order valence-corrected chi connectivity index (χ4v) is 2.65. The van der Waals surface area contributed by atoms with Crippen LogP contribution in [0.4, 0.5) is 0 Å². The average molecular weight is 282 g/mol. The van der Waals surface area contributed by atoms with E-state index in [1.807, 2.05) is 25.1 Å². The number of hydrogen-bond donors (Lipinski definition) is 1. The zero-order chi connectivity index (χ0) is 11.8. The lowest BCUT2D eigenvalue weighted by Crippen LogP contribution is -2.50. The van der Waals surface area contributed by atoms with E-state index in [4.69, 9.17) is 0 Å². The molecule has 0 aromatic heterocycles. The second-order valence-corrected chi connectivity index (χ2v) is 5.80. The highest BCUT2D eigenvalue weighted by atomic mass is 79.9. The van der Waals surface area contributed by atoms with Crippen LogP contribution in [0.25, 0.3) is 0 Å². The number of nitrogens with one attached hydrogen (secondary N) is 1. The minimum atomic E-state index is 0.0211. The summed E-state index contributed by atoms with van der Waals surface area (Å²) in [7, 11) is 0. The van der Waals surface area contributed by atoms with E-state index in [0.717, 1.165) is 28.4 Å². The summed E-state index contributed by atoms with van der Waals surface area (Å²) in [5, 5.41) is 3.10. The van der Waals surface area contributed by atoms with Gasteiger partial charge < -0.3 is 5.32 Å². The summed E-state index contributed by atoms with van der Waals surface area (Å²) < 4.78 is 0.955. The minimum Gasteiger partial charge on any atom is -0.347 e. The molecule has 2 rings (SSSR count). The lowest BCUT2D eigenvalue weighted by Gasteiger charge is -2.39. The van der Waals surface area contributed by atoms with Crippen LogP contribution in [-0.2, 0) is 0 Å². The Labute approximate surface area is 105 Å². The lowest BCUT2D eigenvalue weighted by atomic mass is 9.78. The molecule has 1 fully saturated rings. The van der Waals surface area contributed by atoms with Crippen LogP contribution in [0, 0.1) is 6.92 Å². The van der Waals surface area contributed by atoms with Crippen molar-refractivity contribution in [3.05, 3.63) is 33.8 Å². The molecule has 2 nitrogen and oxygen atoms in total. The summed E-state index contributed by atoms with van der Waals surface area (Å²) in [6.07, 6.45) is 3.39. The molecule has 3 heteroatoms. The molecule has 0 saturated heterocycles. The standard InChI is InChI=1S/C13H16BrNO/c1-9-6-10(8-11(14)7-9)12(16)15-13(2)4-3-5-13/h6-8H,3-5H2,1-2H3,(H,15,16). The van der Waals surface area contributed by atoms with Crippen molar-refractivity contribution in [3.8, 4) is 0 Å². The van der Waals surface area contributed by atoms with E-state index in [1.54, 1.807) is 0 Å². The summed E-state index contributed by atoms with van der Waals surface area (Å²) in [5.74, 6) is 0.0339. The van der Waals surface area contributed by atoms with Crippen LogP contribution in [0.2, 0.25) is 0 Å². The molecular weight excluding hydrogens is 266 g/mol. The second kappa shape index (κ2) is 4.21. The van der Waals surface area contributed by atoms with Crippen molar-refractivity contribution in [1.29, 1.82) is 0 Å². The number of benzene rings is 1. The molecule has 1 N–H and O–H groups in total. The number of amides is 1. The molecular formula is C13H16BrNO. The third-order valence-electron chi connectivity index (χ3n) is 3.18. The Balaban J connectivity index is 2.14. The Morgan fingerprint density at radius 2 is 2.06 bits per heavy atom. The lowest BCUT2D eigenvalue weighted by molar-refractivity contribution is 0.0850. The Hall–Kier alpha value is -0.830. The van der Waals surface area contributed by atoms with E-state index in [9.17, 15) is 4.79 Å². The molecule has 1 aromatic carbocycles. The highest BCUT2D eigenvalue weighted by Gasteiger charge is 2.33. The van der Waals surface area contributed by atoms with Gasteiger partial charge in [0.15, 0.2) is 0 Å². The number of hydrogen-bond acceptors (Lipinski definition) is 1. The molecule has 86 valence electrons. The molecule has 1 saturated carbocycles. The Kier molecular flexibility index (Phi) is 3.06. The molecule has 0 heterocycles. The van der Waals surface area contributed by atoms with E-state index in [1.165, 1.54) is 6.42 Å². The van der Waals surface area contributed by atoms with Gasteiger partial charge in [0.2, 0.25) is 0 Å². The van der Waals surface area contributed by atoms with Crippen molar-refractivity contribution < 1.29 is 4.79 Å². The van der Waals surface area contributed by atoms with Crippen LogP contribution < -0.4 is 5.32 Å². The number of carbonyl (C=O) groups is 1. The molecule has 1 aliphatic carbocycles. The van der Waals surface area contributed by atoms with Gasteiger partial charge in [0.05, 0.1) is 0 Å². The van der Waals surface area contributed by atoms with Gasteiger partial charge in [-0.25, -0.2) is 0 Å². The molecule has 1 amide bonds. The van der Waals surface area contributed by atoms with Gasteiger partial charge in [-0.3, -0.25) is 4.79 Å². The maximum Gasteiger partial charge on any atom is 0.251 e. The average Bonchev–Trinajstić information content (AvgIpc) is 2.13. The first-order chi connectivity index (χ1) is 7.48. The molecule has 1 aliphatic rings. The largest absolute Gasteiger partial charge is 0.347 e. The fraction of sp³-hybridized carbons (Fsp3) is 0.462. The first kappa shape index (κ1) is 11.6. The first-order valence-electron chi connectivity index (χ1n) is 5.58. The minimum absolute atomic E-state index is 0.0211. The normalized spacial score (nSPS) is 17.7. The van der Waals surface area contributed by atoms with Crippen molar-refractivity contribution in [1.82, 2.24) is 5.32 Å². The summed E-state index contributed by atoms with van der Waals surface area (Å²) >= 11 is 3.41. The van der Waals surface area contributed by atoms with Crippen LogP contribution in [0.3, 0.4) is 0 Å². The van der Waals surface area contributed by atoms with Crippen LogP contribution >= 0.6 is 15.9 Å². The molecule has 0 spiro atoms. The van der Waals surface area contributed by atoms with Gasteiger partial charge >= 0.3 is 0 Å². The predicted octanol–water partition coefficient (Wildman–Crippen LogP) is 3.43. The van der Waals surface area contributed by atoms with Crippen LogP contribution in [0.5, 0.6) is 0 Å². The van der Waals surface area contributed by atoms with E-state index < -0.39 is 0 Å². The number of carbonyl (C=O) groups excluding carboxylic acids is 1. The Bertz CT molecular complexity index is 404. The number of aryl methyl sites for hydroxylation is 1. The summed E-state index contributed by atoms with van der Waals surface area (Å²) in [4.78, 5) is 12.0. The molecule has 1 aromatic rings. The zero-order valence-corrected chi connectivity index (χ0v) is 11.2. The van der Waals surface area contributed by atoms with Gasteiger partial charge in [-0.15, -0.1) is 0 Å². The van der Waals surface area contributed by atoms with E-state index in [0.29, 0.717) is 0 Å². The third-order valence-corrected chi connectivity index (χ3v) is 3.63. The maximum atomic E-state index is 12.0. The van der Waals surface area contributed by atoms with Crippen LogP contribution in [0.15, 0.2) is 22.7 Å². The Morgan fingerprint density at radius 1 is 1.38 bits per heavy atom. The van der Waals surface area contributed by atoms with Gasteiger partial charge in [0.25, 0.3) is 5.91 Å². The van der Waals surface area contributed by atoms with Crippen molar-refractivity contribution >= 4 is 21.8 Å². The van der Waals surface area contributed by atoms with Crippen molar-refractivity contribution in [2.45, 2.75) is 38.6 Å². The maximum absolute atomic E-state index is 12.0. The topological polar surface area (TPSA) is 29.1 Å². The third kappa shape index (κ3) is 2.46. The van der Waals surface area contributed by atoms with Crippen LogP contribution in [-0.4, -0.2) is 11.4 Å². The summed E-state index contributed by atoms with van der Waals surface area (Å²) in [6.45, 7) is 4.10. The summed E-state index contributed by atoms with van der Waals surface area (Å²) in [5.41, 5.74) is 1.85. The molecule has 16 heavy (non-hydrogen) atoms. The van der Waals surface area contributed by atoms with E-state index in [2.05, 4.69) is 28.2 Å². The fourth-order valence-electron chi connectivity index (χ4n) is 2.05. The molecule has 0 bridgehead atoms. The molecule has 0 atom stereocenters. The van der Waals surface area contributed by atoms with Crippen molar-refractivity contribution in [2.75, 3.05) is 0 Å². The highest BCUT2D eigenvalue weighted by Crippen LogP contribution is 2.31. The highest BCUT2D eigenvalue weighted by molar-refractivity contribution is 9.10. The second-order valence-electron chi connectivity index (χ2n) is 4.89. The van der Waals surface area contributed by atoms with Gasteiger partial charge in [-0.1, -0.05) is 15.9 Å². The molecule has 0 radical (unpaired) electrons. The number of halogens is 1. The van der Waals surface area contributed by atoms with Gasteiger partial charge in [0, 0.05) is 15.6 Å². The first-order valence-corrected chi connectivity index (χ1v) is 6.38. The Morgan fingerprint density at radius 3 is 2.56 bits per heavy atom. The van der Waals surface area contributed by atoms with Crippen molar-refractivity contribution in [2.24, 2.45) is 0 Å². The smallest absolute Gasteiger partial charge is 0.251 e. The van der Waals surface area contributed by atoms with Crippen molar-refractivity contribution in [3.63, 3.8) is 0 Å². The SMILES string of the molecule is Cc1cc(Br)cc(C(=O)NC2(C)CCC2)c1. The van der Waals surface area contributed by atoms with E-state index >= 15 is 0 Å². The van der Waals surface area contributed by atoms with Gasteiger partial charge in [-0.05, 0) is 56.9 Å². The monoisotopic (exact) mass is 281 g/mol. The molecule has 0 aliphatic heterocycles. The van der Waals surface area contributed by atoms with E-state index in [-0.39, 0.29) is 11.4 Å². The van der Waals surface area contributed by atoms with Gasteiger partial charge in [0.1, 0.15) is 0 Å².